The van der Waals surface area contributed by atoms with Crippen molar-refractivity contribution < 1.29 is 4.79 Å². The van der Waals surface area contributed by atoms with Crippen LogP contribution in [0.2, 0.25) is 0 Å². The fourth-order valence-corrected chi connectivity index (χ4v) is 2.44. The molecule has 5 nitrogen and oxygen atoms in total. The van der Waals surface area contributed by atoms with Crippen molar-refractivity contribution in [1.82, 2.24) is 4.57 Å². The van der Waals surface area contributed by atoms with Crippen molar-refractivity contribution in [1.29, 1.82) is 0 Å². The number of hydrogen-bond acceptors (Lipinski definition) is 3. The predicted molar refractivity (Wildman–Crippen MR) is 100 cm³/mol. The number of nitrogens with two attached hydrogens (primary N) is 1. The molecule has 1 aromatic carbocycles. The monoisotopic (exact) mass is 343 g/mol. The fourth-order valence-electron chi connectivity index (χ4n) is 2.30. The first-order chi connectivity index (χ1) is 11.5. The maximum Gasteiger partial charge on any atom is 0.250 e. The van der Waals surface area contributed by atoms with Crippen LogP contribution in [0.15, 0.2) is 47.4 Å². The zero-order valence-electron chi connectivity index (χ0n) is 13.6. The van der Waals surface area contributed by atoms with E-state index in [1.165, 1.54) is 0 Å². The Morgan fingerprint density at radius 1 is 1.21 bits per heavy atom. The maximum atomic E-state index is 11.9. The summed E-state index contributed by atoms with van der Waals surface area (Å²) in [5.74, 6) is -0.0469. The molecular formula is C18H21N3O2S. The minimum absolute atomic E-state index is 0.00244. The van der Waals surface area contributed by atoms with Crippen LogP contribution in [0.25, 0.3) is 0 Å². The van der Waals surface area contributed by atoms with Gasteiger partial charge >= 0.3 is 0 Å². The van der Waals surface area contributed by atoms with Crippen molar-refractivity contribution in [2.75, 3.05) is 5.32 Å². The number of unbranched alkanes of at least 4 members (excludes halogenated alkanes) is 1. The Morgan fingerprint density at radius 2 is 1.92 bits per heavy atom. The van der Waals surface area contributed by atoms with Crippen LogP contribution in [0, 0.1) is 6.92 Å². The van der Waals surface area contributed by atoms with Crippen LogP contribution in [-0.4, -0.2) is 15.5 Å². The first kappa shape index (κ1) is 17.9. The van der Waals surface area contributed by atoms with E-state index >= 15 is 0 Å². The number of amides is 1. The van der Waals surface area contributed by atoms with E-state index < -0.39 is 0 Å². The highest BCUT2D eigenvalue weighted by atomic mass is 32.1. The molecule has 1 aromatic heterocycles. The SMILES string of the molecule is Cc1ccn(CCCCC(=O)Nc2ccc(C(N)=S)cc2)c(=O)c1. The van der Waals surface area contributed by atoms with Crippen LogP contribution >= 0.6 is 12.2 Å². The molecule has 0 saturated heterocycles. The number of thiocarbonyl (C=S) groups is 1. The van der Waals surface area contributed by atoms with Gasteiger partial charge in [0.2, 0.25) is 5.91 Å². The molecule has 0 aliphatic rings. The molecule has 24 heavy (non-hydrogen) atoms. The number of benzene rings is 1. The van der Waals surface area contributed by atoms with Gasteiger partial charge in [0.15, 0.2) is 0 Å². The molecule has 1 heterocycles. The molecule has 0 atom stereocenters. The standard InChI is InChI=1S/C18H21N3O2S/c1-13-9-11-21(17(23)12-13)10-3-2-4-16(22)20-15-7-5-14(6-8-15)18(19)24/h5-9,11-12H,2-4,10H2,1H3,(H2,19,24)(H,20,22). The second-order valence-corrected chi connectivity index (χ2v) is 6.12. The lowest BCUT2D eigenvalue weighted by Gasteiger charge is -2.07. The second kappa shape index (κ2) is 8.40. The predicted octanol–water partition coefficient (Wildman–Crippen LogP) is 2.60. The van der Waals surface area contributed by atoms with Crippen molar-refractivity contribution in [3.8, 4) is 0 Å². The Morgan fingerprint density at radius 3 is 2.54 bits per heavy atom. The van der Waals surface area contributed by atoms with Crippen LogP contribution in [0.4, 0.5) is 5.69 Å². The van der Waals surface area contributed by atoms with E-state index in [4.69, 9.17) is 18.0 Å². The average Bonchev–Trinajstić information content (AvgIpc) is 2.53. The van der Waals surface area contributed by atoms with Gasteiger partial charge in [-0.25, -0.2) is 0 Å². The number of pyridine rings is 1. The molecule has 0 aliphatic carbocycles. The van der Waals surface area contributed by atoms with Gasteiger partial charge in [-0.1, -0.05) is 12.2 Å². The van der Waals surface area contributed by atoms with E-state index in [9.17, 15) is 9.59 Å². The summed E-state index contributed by atoms with van der Waals surface area (Å²) in [6, 6.07) is 10.6. The quantitative estimate of drug-likeness (QED) is 0.598. The van der Waals surface area contributed by atoms with Gasteiger partial charge in [0, 0.05) is 36.5 Å². The number of aryl methyl sites for hydroxylation is 2. The first-order valence-electron chi connectivity index (χ1n) is 7.82. The van der Waals surface area contributed by atoms with Gasteiger partial charge in [0.1, 0.15) is 4.99 Å². The van der Waals surface area contributed by atoms with Crippen molar-refractivity contribution in [2.24, 2.45) is 5.73 Å². The highest BCUT2D eigenvalue weighted by molar-refractivity contribution is 7.80. The molecule has 2 rings (SSSR count). The van der Waals surface area contributed by atoms with E-state index in [0.29, 0.717) is 18.0 Å². The molecule has 0 fully saturated rings. The topological polar surface area (TPSA) is 77.1 Å². The number of aromatic nitrogens is 1. The number of hydrogen-bond donors (Lipinski definition) is 2. The largest absolute Gasteiger partial charge is 0.389 e. The Balaban J connectivity index is 1.75. The number of nitrogens with one attached hydrogen (secondary N) is 1. The van der Waals surface area contributed by atoms with Crippen LogP contribution in [0.3, 0.4) is 0 Å². The second-order valence-electron chi connectivity index (χ2n) is 5.68. The fraction of sp³-hybridized carbons (Fsp3) is 0.278. The van der Waals surface area contributed by atoms with E-state index in [2.05, 4.69) is 5.32 Å². The Kier molecular flexibility index (Phi) is 6.26. The zero-order chi connectivity index (χ0) is 17.5. The number of nitrogens with zero attached hydrogens (tertiary/aromatic N) is 1. The lowest BCUT2D eigenvalue weighted by molar-refractivity contribution is -0.116. The molecule has 3 N–H and O–H groups in total. The van der Waals surface area contributed by atoms with Gasteiger partial charge < -0.3 is 15.6 Å². The summed E-state index contributed by atoms with van der Waals surface area (Å²) in [7, 11) is 0. The van der Waals surface area contributed by atoms with Crippen LogP contribution < -0.4 is 16.6 Å². The molecule has 0 bridgehead atoms. The number of rotatable bonds is 7. The average molecular weight is 343 g/mol. The normalized spacial score (nSPS) is 10.4. The smallest absolute Gasteiger partial charge is 0.250 e. The van der Waals surface area contributed by atoms with Crippen molar-refractivity contribution in [3.05, 3.63) is 64.1 Å². The summed E-state index contributed by atoms with van der Waals surface area (Å²) in [6.45, 7) is 2.51. The van der Waals surface area contributed by atoms with E-state index in [1.54, 1.807) is 41.1 Å². The number of carbonyl (C=O) groups excluding carboxylic acids is 1. The van der Waals surface area contributed by atoms with Gasteiger partial charge in [0.05, 0.1) is 0 Å². The van der Waals surface area contributed by atoms with E-state index in [1.807, 2.05) is 13.0 Å². The number of carbonyl (C=O) groups is 1. The first-order valence-corrected chi connectivity index (χ1v) is 8.23. The molecule has 0 aliphatic heterocycles. The highest BCUT2D eigenvalue weighted by Gasteiger charge is 2.04. The van der Waals surface area contributed by atoms with Gasteiger partial charge in [-0.2, -0.15) is 0 Å². The minimum atomic E-state index is -0.0469. The molecule has 126 valence electrons. The summed E-state index contributed by atoms with van der Waals surface area (Å²) in [6.07, 6.45) is 3.70. The van der Waals surface area contributed by atoms with Gasteiger partial charge in [-0.05, 0) is 55.7 Å². The van der Waals surface area contributed by atoms with Crippen molar-refractivity contribution >= 4 is 28.8 Å². The highest BCUT2D eigenvalue weighted by Crippen LogP contribution is 2.10. The number of anilines is 1. The third-order valence-corrected chi connectivity index (χ3v) is 3.89. The Labute approximate surface area is 146 Å². The van der Waals surface area contributed by atoms with Crippen LogP contribution in [0.5, 0.6) is 0 Å². The summed E-state index contributed by atoms with van der Waals surface area (Å²) in [5, 5.41) is 2.83. The summed E-state index contributed by atoms with van der Waals surface area (Å²) in [5.41, 5.74) is 7.97. The molecule has 0 saturated carbocycles. The van der Waals surface area contributed by atoms with Crippen LogP contribution in [-0.2, 0) is 11.3 Å². The van der Waals surface area contributed by atoms with Crippen molar-refractivity contribution in [2.45, 2.75) is 32.7 Å². The lowest BCUT2D eigenvalue weighted by Crippen LogP contribution is -2.19. The minimum Gasteiger partial charge on any atom is -0.389 e. The van der Waals surface area contributed by atoms with Gasteiger partial charge in [0.25, 0.3) is 5.56 Å². The van der Waals surface area contributed by atoms with Crippen LogP contribution in [0.1, 0.15) is 30.4 Å². The maximum absolute atomic E-state index is 11.9. The molecule has 6 heteroatoms. The van der Waals surface area contributed by atoms with E-state index in [-0.39, 0.29) is 11.5 Å². The lowest BCUT2D eigenvalue weighted by atomic mass is 10.2. The summed E-state index contributed by atoms with van der Waals surface area (Å²) in [4.78, 5) is 24.0. The summed E-state index contributed by atoms with van der Waals surface area (Å²) < 4.78 is 1.67. The Hall–Kier alpha value is -2.47. The van der Waals surface area contributed by atoms with E-state index in [0.717, 1.165) is 29.7 Å². The van der Waals surface area contributed by atoms with Crippen molar-refractivity contribution in [3.63, 3.8) is 0 Å². The van der Waals surface area contributed by atoms with Gasteiger partial charge in [-0.3, -0.25) is 9.59 Å². The molecule has 0 radical (unpaired) electrons. The summed E-state index contributed by atoms with van der Waals surface area (Å²) >= 11 is 4.89. The molecule has 0 unspecified atom stereocenters. The molecular weight excluding hydrogens is 322 g/mol. The Bertz CT molecular complexity index is 782. The third kappa shape index (κ3) is 5.31. The molecule has 2 aromatic rings. The zero-order valence-corrected chi connectivity index (χ0v) is 14.4. The molecule has 0 spiro atoms. The molecule has 1 amide bonds. The van der Waals surface area contributed by atoms with Gasteiger partial charge in [-0.15, -0.1) is 0 Å². The third-order valence-electron chi connectivity index (χ3n) is 3.66.